The Labute approximate surface area is 123 Å². The van der Waals surface area contributed by atoms with Gasteiger partial charge in [0.2, 0.25) is 0 Å². The lowest BCUT2D eigenvalue weighted by Gasteiger charge is -2.25. The summed E-state index contributed by atoms with van der Waals surface area (Å²) in [6.45, 7) is 3.11. The molecule has 0 spiro atoms. The lowest BCUT2D eigenvalue weighted by molar-refractivity contribution is -0.164. The molecular weight excluding hydrogens is 334 g/mol. The number of alkyl halides is 2. The van der Waals surface area contributed by atoms with Crippen LogP contribution in [0.25, 0.3) is 0 Å². The Balaban J connectivity index is 2.48. The van der Waals surface area contributed by atoms with Crippen LogP contribution in [0.15, 0.2) is 22.7 Å². The average Bonchev–Trinajstić information content (AvgIpc) is 2.62. The minimum absolute atomic E-state index is 0.161. The summed E-state index contributed by atoms with van der Waals surface area (Å²) in [5.41, 5.74) is -1.81. The summed E-state index contributed by atoms with van der Waals surface area (Å²) in [6, 6.07) is 4.63. The lowest BCUT2D eigenvalue weighted by atomic mass is 9.84. The molecule has 0 radical (unpaired) electrons. The predicted molar refractivity (Wildman–Crippen MR) is 71.8 cm³/mol. The Hall–Kier alpha value is -1.30. The van der Waals surface area contributed by atoms with E-state index < -0.39 is 29.7 Å². The van der Waals surface area contributed by atoms with Gasteiger partial charge in [0, 0.05) is 16.5 Å². The first-order valence-electron chi connectivity index (χ1n) is 6.11. The van der Waals surface area contributed by atoms with E-state index in [1.165, 1.54) is 6.07 Å². The summed E-state index contributed by atoms with van der Waals surface area (Å²) < 4.78 is 32.5. The molecule has 0 aliphatic heterocycles. The fraction of sp³-hybridized carbons (Fsp3) is 0.429. The summed E-state index contributed by atoms with van der Waals surface area (Å²) in [7, 11) is 0. The van der Waals surface area contributed by atoms with Gasteiger partial charge in [-0.3, -0.25) is 9.59 Å². The number of carbonyl (C=O) groups excluding carboxylic acids is 2. The number of rotatable bonds is 3. The highest BCUT2D eigenvalue weighted by atomic mass is 79.9. The second-order valence-electron chi connectivity index (χ2n) is 5.03. The van der Waals surface area contributed by atoms with E-state index in [1.54, 1.807) is 26.0 Å². The molecule has 1 aromatic rings. The molecule has 0 bridgehead atoms. The quantitative estimate of drug-likeness (QED) is 0.622. The topological polar surface area (TPSA) is 43.4 Å². The zero-order valence-electron chi connectivity index (χ0n) is 11.0. The molecular formula is C14H13BrF2O3. The van der Waals surface area contributed by atoms with Crippen molar-refractivity contribution >= 4 is 27.7 Å². The summed E-state index contributed by atoms with van der Waals surface area (Å²) in [4.78, 5) is 24.3. The van der Waals surface area contributed by atoms with E-state index in [1.807, 2.05) is 0 Å². The van der Waals surface area contributed by atoms with Gasteiger partial charge in [0.15, 0.2) is 11.2 Å². The summed E-state index contributed by atoms with van der Waals surface area (Å²) in [6.07, 6.45) is -3.99. The second kappa shape index (κ2) is 5.24. The third kappa shape index (κ3) is 2.26. The van der Waals surface area contributed by atoms with Crippen LogP contribution in [0.3, 0.4) is 0 Å². The smallest absolute Gasteiger partial charge is 0.326 e. The van der Waals surface area contributed by atoms with Crippen molar-refractivity contribution in [3.8, 4) is 0 Å². The van der Waals surface area contributed by atoms with Crippen LogP contribution in [0.5, 0.6) is 0 Å². The molecule has 3 nitrogen and oxygen atoms in total. The third-order valence-electron chi connectivity index (χ3n) is 3.27. The van der Waals surface area contributed by atoms with Crippen molar-refractivity contribution in [1.82, 2.24) is 0 Å². The minimum atomic E-state index is -3.10. The van der Waals surface area contributed by atoms with Gasteiger partial charge in [-0.15, -0.1) is 0 Å². The van der Waals surface area contributed by atoms with Gasteiger partial charge in [-0.05, 0) is 37.6 Å². The summed E-state index contributed by atoms with van der Waals surface area (Å²) in [5.74, 6) is -2.01. The monoisotopic (exact) mass is 346 g/mol. The van der Waals surface area contributed by atoms with E-state index in [-0.39, 0.29) is 12.0 Å². The van der Waals surface area contributed by atoms with Gasteiger partial charge >= 0.3 is 5.97 Å². The fourth-order valence-corrected chi connectivity index (χ4v) is 2.71. The highest BCUT2D eigenvalue weighted by Crippen LogP contribution is 2.43. The number of ketones is 1. The molecule has 0 N–H and O–H groups in total. The number of fused-ring (bicyclic) bond motifs is 1. The number of halogens is 3. The highest BCUT2D eigenvalue weighted by Gasteiger charge is 2.59. The molecule has 2 rings (SSSR count). The van der Waals surface area contributed by atoms with Crippen molar-refractivity contribution in [2.75, 3.05) is 0 Å². The largest absolute Gasteiger partial charge is 0.462 e. The zero-order valence-corrected chi connectivity index (χ0v) is 12.5. The van der Waals surface area contributed by atoms with Crippen LogP contribution in [0, 0.1) is 5.41 Å². The van der Waals surface area contributed by atoms with E-state index >= 15 is 0 Å². The Morgan fingerprint density at radius 1 is 1.40 bits per heavy atom. The van der Waals surface area contributed by atoms with Crippen molar-refractivity contribution in [3.05, 3.63) is 33.8 Å². The van der Waals surface area contributed by atoms with Gasteiger partial charge in [-0.2, -0.15) is 0 Å². The molecule has 1 aliphatic carbocycles. The Kier molecular flexibility index (Phi) is 3.95. The number of carbonyl (C=O) groups is 2. The Morgan fingerprint density at radius 2 is 2.05 bits per heavy atom. The molecule has 1 unspecified atom stereocenters. The van der Waals surface area contributed by atoms with Crippen molar-refractivity contribution in [1.29, 1.82) is 0 Å². The molecule has 0 saturated heterocycles. The van der Waals surface area contributed by atoms with Gasteiger partial charge in [-0.1, -0.05) is 15.9 Å². The van der Waals surface area contributed by atoms with Crippen molar-refractivity contribution < 1.29 is 23.1 Å². The molecule has 0 saturated carbocycles. The van der Waals surface area contributed by atoms with E-state index in [2.05, 4.69) is 15.9 Å². The first-order valence-corrected chi connectivity index (χ1v) is 6.91. The standard InChI is InChI=1S/C14H13BrF2O3/c1-7(2)20-13(19)14(12(16)17)6-8-5-9(15)3-4-10(8)11(14)18/h3-5,7,12H,6H2,1-2H3. The van der Waals surface area contributed by atoms with Crippen molar-refractivity contribution in [3.63, 3.8) is 0 Å². The Morgan fingerprint density at radius 3 is 2.60 bits per heavy atom. The van der Waals surface area contributed by atoms with E-state index in [9.17, 15) is 18.4 Å². The fourth-order valence-electron chi connectivity index (χ4n) is 2.30. The number of hydrogen-bond donors (Lipinski definition) is 0. The molecule has 0 aromatic heterocycles. The predicted octanol–water partition coefficient (Wildman–Crippen LogP) is 3.39. The summed E-state index contributed by atoms with van der Waals surface area (Å²) >= 11 is 3.22. The molecule has 1 aliphatic rings. The minimum Gasteiger partial charge on any atom is -0.462 e. The maximum Gasteiger partial charge on any atom is 0.326 e. The molecule has 0 heterocycles. The molecule has 20 heavy (non-hydrogen) atoms. The average molecular weight is 347 g/mol. The van der Waals surface area contributed by atoms with Crippen LogP contribution >= 0.6 is 15.9 Å². The molecule has 6 heteroatoms. The summed E-state index contributed by atoms with van der Waals surface area (Å²) in [5, 5.41) is 0. The van der Waals surface area contributed by atoms with E-state index in [0.29, 0.717) is 10.0 Å². The molecule has 0 amide bonds. The van der Waals surface area contributed by atoms with Crippen LogP contribution in [0.2, 0.25) is 0 Å². The third-order valence-corrected chi connectivity index (χ3v) is 3.76. The molecule has 1 atom stereocenters. The van der Waals surface area contributed by atoms with E-state index in [0.717, 1.165) is 0 Å². The van der Waals surface area contributed by atoms with Gasteiger partial charge in [0.25, 0.3) is 6.43 Å². The van der Waals surface area contributed by atoms with Gasteiger partial charge in [-0.25, -0.2) is 8.78 Å². The van der Waals surface area contributed by atoms with Gasteiger partial charge in [0.05, 0.1) is 6.10 Å². The van der Waals surface area contributed by atoms with Crippen LogP contribution in [-0.4, -0.2) is 24.3 Å². The highest BCUT2D eigenvalue weighted by molar-refractivity contribution is 9.10. The van der Waals surface area contributed by atoms with Gasteiger partial charge in [0.1, 0.15) is 0 Å². The van der Waals surface area contributed by atoms with Crippen molar-refractivity contribution in [2.45, 2.75) is 32.8 Å². The van der Waals surface area contributed by atoms with Gasteiger partial charge < -0.3 is 4.74 Å². The molecule has 1 aromatic carbocycles. The SMILES string of the molecule is CC(C)OC(=O)C1(C(F)F)Cc2cc(Br)ccc2C1=O. The first kappa shape index (κ1) is 15.1. The van der Waals surface area contributed by atoms with Crippen LogP contribution in [0.4, 0.5) is 8.78 Å². The van der Waals surface area contributed by atoms with E-state index in [4.69, 9.17) is 4.74 Å². The van der Waals surface area contributed by atoms with Crippen LogP contribution < -0.4 is 0 Å². The molecule has 0 fully saturated rings. The number of hydrogen-bond acceptors (Lipinski definition) is 3. The molecule has 108 valence electrons. The maximum atomic E-state index is 13.5. The lowest BCUT2D eigenvalue weighted by Crippen LogP contribution is -2.45. The number of esters is 1. The second-order valence-corrected chi connectivity index (χ2v) is 5.95. The van der Waals surface area contributed by atoms with Crippen LogP contribution in [0.1, 0.15) is 29.8 Å². The number of ether oxygens (including phenoxy) is 1. The Bertz CT molecular complexity index is 572. The van der Waals surface area contributed by atoms with Crippen molar-refractivity contribution in [2.24, 2.45) is 5.41 Å². The maximum absolute atomic E-state index is 13.5. The zero-order chi connectivity index (χ0) is 15.1. The first-order chi connectivity index (χ1) is 9.29. The number of benzene rings is 1. The normalized spacial score (nSPS) is 21.4. The van der Waals surface area contributed by atoms with Crippen LogP contribution in [-0.2, 0) is 16.0 Å². The number of Topliss-reactive ketones (excluding diaryl/α,β-unsaturated/α-hetero) is 1.